The fraction of sp³-hybridized carbons (Fsp3) is 0.267. The van der Waals surface area contributed by atoms with Crippen molar-refractivity contribution in [2.45, 2.75) is 18.7 Å². The van der Waals surface area contributed by atoms with E-state index in [1.54, 1.807) is 0 Å². The number of hydrogen-bond acceptors (Lipinski definition) is 7. The molecule has 0 radical (unpaired) electrons. The van der Waals surface area contributed by atoms with Crippen molar-refractivity contribution >= 4 is 27.6 Å². The molecule has 0 aliphatic rings. The highest BCUT2D eigenvalue weighted by molar-refractivity contribution is 7.89. The van der Waals surface area contributed by atoms with E-state index in [1.165, 1.54) is 13.8 Å². The van der Waals surface area contributed by atoms with Crippen molar-refractivity contribution in [2.24, 2.45) is 0 Å². The zero-order valence-electron chi connectivity index (χ0n) is 14.2. The van der Waals surface area contributed by atoms with Gasteiger partial charge in [-0.25, -0.2) is 17.2 Å². The summed E-state index contributed by atoms with van der Waals surface area (Å²) in [6.07, 6.45) is 0. The number of hydrogen-bond donors (Lipinski definition) is 2. The number of carbonyl (C=O) groups excluding carboxylic acids is 2. The van der Waals surface area contributed by atoms with Crippen LogP contribution in [0.25, 0.3) is 0 Å². The third-order valence-corrected chi connectivity index (χ3v) is 4.85. The van der Waals surface area contributed by atoms with E-state index in [0.29, 0.717) is 0 Å². The minimum absolute atomic E-state index is 0.0462. The van der Waals surface area contributed by atoms with E-state index in [2.05, 4.69) is 9.89 Å². The molecule has 0 bridgehead atoms. The Bertz CT molecular complexity index is 954. The number of ether oxygens (including phenoxy) is 1. The lowest BCUT2D eigenvalue weighted by Gasteiger charge is -2.08. The average molecular weight is 403 g/mol. The van der Waals surface area contributed by atoms with Gasteiger partial charge in [0.05, 0.1) is 5.69 Å². The summed E-state index contributed by atoms with van der Waals surface area (Å²) in [7, 11) is -4.07. The minimum Gasteiger partial charge on any atom is -0.455 e. The largest absolute Gasteiger partial charge is 0.455 e. The van der Waals surface area contributed by atoms with E-state index in [9.17, 15) is 26.8 Å². The molecule has 0 spiro atoms. The number of anilines is 1. The minimum atomic E-state index is -4.07. The van der Waals surface area contributed by atoms with Gasteiger partial charge in [0.2, 0.25) is 10.0 Å². The van der Waals surface area contributed by atoms with Gasteiger partial charge >= 0.3 is 5.97 Å². The number of nitrogens with zero attached hydrogens (tertiary/aromatic N) is 1. The van der Waals surface area contributed by atoms with Gasteiger partial charge in [0.15, 0.2) is 12.4 Å². The van der Waals surface area contributed by atoms with Gasteiger partial charge in [0.1, 0.15) is 28.8 Å². The molecule has 0 atom stereocenters. The fourth-order valence-electron chi connectivity index (χ4n) is 2.06. The molecule has 2 rings (SSSR count). The van der Waals surface area contributed by atoms with Crippen LogP contribution in [0.1, 0.15) is 11.5 Å². The normalized spacial score (nSPS) is 11.3. The first kappa shape index (κ1) is 20.5. The number of amides is 1. The third kappa shape index (κ3) is 5.31. The number of halogens is 2. The first-order valence-corrected chi connectivity index (χ1v) is 8.91. The topological polar surface area (TPSA) is 128 Å². The van der Waals surface area contributed by atoms with Crippen LogP contribution in [-0.2, 0) is 24.3 Å². The Hall–Kier alpha value is -2.86. The predicted octanol–water partition coefficient (Wildman–Crippen LogP) is 1.03. The number of nitrogens with one attached hydrogen (secondary N) is 2. The molecule has 9 nitrogen and oxygen atoms in total. The van der Waals surface area contributed by atoms with Gasteiger partial charge in [-0.1, -0.05) is 5.16 Å². The Balaban J connectivity index is 1.86. The molecule has 1 amide bonds. The first-order valence-electron chi connectivity index (χ1n) is 7.43. The van der Waals surface area contributed by atoms with Crippen molar-refractivity contribution in [3.8, 4) is 0 Å². The molecule has 0 aliphatic heterocycles. The van der Waals surface area contributed by atoms with E-state index in [1.807, 2.05) is 10.0 Å². The molecule has 2 aromatic rings. The number of benzene rings is 1. The van der Waals surface area contributed by atoms with Crippen LogP contribution in [0, 0.1) is 25.5 Å². The second-order valence-electron chi connectivity index (χ2n) is 5.31. The Labute approximate surface area is 152 Å². The highest BCUT2D eigenvalue weighted by atomic mass is 32.2. The van der Waals surface area contributed by atoms with Crippen LogP contribution in [-0.4, -0.2) is 38.6 Å². The Morgan fingerprint density at radius 2 is 1.96 bits per heavy atom. The summed E-state index contributed by atoms with van der Waals surface area (Å²) in [5.74, 6) is -3.58. The molecule has 12 heteroatoms. The second-order valence-corrected chi connectivity index (χ2v) is 7.01. The van der Waals surface area contributed by atoms with Crippen molar-refractivity contribution in [3.05, 3.63) is 41.3 Å². The van der Waals surface area contributed by atoms with E-state index in [0.717, 1.165) is 18.2 Å². The van der Waals surface area contributed by atoms with Crippen molar-refractivity contribution in [1.29, 1.82) is 0 Å². The first-order chi connectivity index (χ1) is 12.6. The van der Waals surface area contributed by atoms with Crippen LogP contribution in [0.5, 0.6) is 0 Å². The van der Waals surface area contributed by atoms with Gasteiger partial charge in [0.25, 0.3) is 5.91 Å². The molecular weight excluding hydrogens is 388 g/mol. The predicted molar refractivity (Wildman–Crippen MR) is 87.1 cm³/mol. The SMILES string of the molecule is Cc1noc(C)c1S(=O)(=O)NCC(=O)OCC(=O)Nc1cc(F)ccc1F. The lowest BCUT2D eigenvalue weighted by molar-refractivity contribution is -0.146. The summed E-state index contributed by atoms with van der Waals surface area (Å²) in [5.41, 5.74) is -0.306. The molecule has 0 aliphatic carbocycles. The molecule has 1 aromatic carbocycles. The number of aromatic nitrogens is 1. The van der Waals surface area contributed by atoms with Crippen LogP contribution in [0.2, 0.25) is 0 Å². The summed E-state index contributed by atoms with van der Waals surface area (Å²) < 4.78 is 62.0. The monoisotopic (exact) mass is 403 g/mol. The number of aryl methyl sites for hydroxylation is 2. The van der Waals surface area contributed by atoms with Gasteiger partial charge < -0.3 is 14.6 Å². The van der Waals surface area contributed by atoms with Gasteiger partial charge in [-0.2, -0.15) is 4.72 Å². The maximum atomic E-state index is 13.4. The molecule has 0 unspecified atom stereocenters. The van der Waals surface area contributed by atoms with Crippen LogP contribution in [0.4, 0.5) is 14.5 Å². The molecule has 0 saturated heterocycles. The highest BCUT2D eigenvalue weighted by Gasteiger charge is 2.25. The van der Waals surface area contributed by atoms with E-state index in [4.69, 9.17) is 4.52 Å². The summed E-state index contributed by atoms with van der Waals surface area (Å²) in [6.45, 7) is 1.23. The van der Waals surface area contributed by atoms with E-state index < -0.39 is 52.4 Å². The molecular formula is C15H15F2N3O6S. The van der Waals surface area contributed by atoms with E-state index in [-0.39, 0.29) is 16.3 Å². The fourth-order valence-corrected chi connectivity index (χ4v) is 3.36. The second kappa shape index (κ2) is 8.22. The third-order valence-electron chi connectivity index (χ3n) is 3.21. The maximum Gasteiger partial charge on any atom is 0.321 e. The lowest BCUT2D eigenvalue weighted by Crippen LogP contribution is -2.32. The lowest BCUT2D eigenvalue weighted by atomic mass is 10.3. The van der Waals surface area contributed by atoms with E-state index >= 15 is 0 Å². The number of esters is 1. The van der Waals surface area contributed by atoms with Crippen LogP contribution in [0.3, 0.4) is 0 Å². The zero-order chi connectivity index (χ0) is 20.2. The smallest absolute Gasteiger partial charge is 0.321 e. The summed E-state index contributed by atoms with van der Waals surface area (Å²) in [6, 6.07) is 2.45. The standard InChI is InChI=1S/C15H15F2N3O6S/c1-8-15(9(2)26-20-8)27(23,24)18-6-14(22)25-7-13(21)19-12-5-10(16)3-4-11(12)17/h3-5,18H,6-7H2,1-2H3,(H,19,21). The summed E-state index contributed by atoms with van der Waals surface area (Å²) >= 11 is 0. The van der Waals surface area contributed by atoms with Crippen LogP contribution >= 0.6 is 0 Å². The van der Waals surface area contributed by atoms with Gasteiger partial charge in [0, 0.05) is 6.07 Å². The maximum absolute atomic E-state index is 13.4. The molecule has 0 fully saturated rings. The molecule has 1 heterocycles. The quantitative estimate of drug-likeness (QED) is 0.661. The highest BCUT2D eigenvalue weighted by Crippen LogP contribution is 2.18. The average Bonchev–Trinajstić information content (AvgIpc) is 2.94. The van der Waals surface area contributed by atoms with Crippen LogP contribution in [0.15, 0.2) is 27.6 Å². The Morgan fingerprint density at radius 3 is 2.59 bits per heavy atom. The Morgan fingerprint density at radius 1 is 1.26 bits per heavy atom. The van der Waals surface area contributed by atoms with Gasteiger partial charge in [-0.3, -0.25) is 9.59 Å². The number of sulfonamides is 1. The van der Waals surface area contributed by atoms with Crippen molar-refractivity contribution in [3.63, 3.8) is 0 Å². The zero-order valence-corrected chi connectivity index (χ0v) is 15.0. The van der Waals surface area contributed by atoms with Gasteiger partial charge in [-0.15, -0.1) is 0 Å². The van der Waals surface area contributed by atoms with Crippen molar-refractivity contribution in [2.75, 3.05) is 18.5 Å². The number of carbonyl (C=O) groups is 2. The van der Waals surface area contributed by atoms with Crippen molar-refractivity contribution < 1.29 is 36.0 Å². The van der Waals surface area contributed by atoms with Gasteiger partial charge in [-0.05, 0) is 26.0 Å². The van der Waals surface area contributed by atoms with Crippen molar-refractivity contribution in [1.82, 2.24) is 9.88 Å². The summed E-state index contributed by atoms with van der Waals surface area (Å²) in [4.78, 5) is 23.0. The molecule has 0 saturated carbocycles. The number of rotatable bonds is 7. The Kier molecular flexibility index (Phi) is 6.23. The molecule has 1 aromatic heterocycles. The molecule has 146 valence electrons. The molecule has 2 N–H and O–H groups in total. The molecule has 27 heavy (non-hydrogen) atoms. The summed E-state index contributed by atoms with van der Waals surface area (Å²) in [5, 5.41) is 5.53. The van der Waals surface area contributed by atoms with Crippen LogP contribution < -0.4 is 10.0 Å².